The van der Waals surface area contributed by atoms with E-state index in [2.05, 4.69) is 42.4 Å². The topological polar surface area (TPSA) is 32.3 Å². The number of fused-ring (bicyclic) bond motifs is 2. The number of halogens is 1. The lowest BCUT2D eigenvalue weighted by atomic mass is 9.98. The van der Waals surface area contributed by atoms with Gasteiger partial charge in [-0.3, -0.25) is 4.79 Å². The molecule has 2 aliphatic rings. The number of carbonyl (C=O) groups is 1. The minimum atomic E-state index is -0.221. The molecule has 4 heteroatoms. The monoisotopic (exact) mass is 354 g/mol. The Bertz CT molecular complexity index is 803. The molecule has 2 aromatic rings. The Morgan fingerprint density at radius 3 is 2.58 bits per heavy atom. The normalized spacial score (nSPS) is 18.4. The molecule has 0 saturated heterocycles. The van der Waals surface area contributed by atoms with Crippen molar-refractivity contribution in [2.45, 2.75) is 32.7 Å². The summed E-state index contributed by atoms with van der Waals surface area (Å²) < 4.78 is 12.9. The molecule has 1 amide bonds. The molecule has 0 bridgehead atoms. The number of amides is 1. The fourth-order valence-electron chi connectivity index (χ4n) is 3.80. The first-order chi connectivity index (χ1) is 12.5. The second-order valence-electron chi connectivity index (χ2n) is 7.39. The van der Waals surface area contributed by atoms with Gasteiger partial charge >= 0.3 is 0 Å². The van der Waals surface area contributed by atoms with Gasteiger partial charge in [-0.15, -0.1) is 0 Å². The Morgan fingerprint density at radius 1 is 1.08 bits per heavy atom. The van der Waals surface area contributed by atoms with Gasteiger partial charge in [-0.05, 0) is 67.6 Å². The number of carbonyl (C=O) groups excluding carboxylic acids is 1. The van der Waals surface area contributed by atoms with Crippen molar-refractivity contribution in [3.05, 3.63) is 70.0 Å². The minimum absolute atomic E-state index is 0.0169. The smallest absolute Gasteiger partial charge is 0.223 e. The van der Waals surface area contributed by atoms with E-state index in [0.717, 1.165) is 24.1 Å². The molecule has 1 aliphatic heterocycles. The van der Waals surface area contributed by atoms with Crippen LogP contribution in [-0.2, 0) is 30.6 Å². The van der Waals surface area contributed by atoms with Crippen LogP contribution in [0.2, 0.25) is 0 Å². The van der Waals surface area contributed by atoms with Crippen LogP contribution in [0.4, 0.5) is 4.39 Å². The van der Waals surface area contributed by atoms with Crippen molar-refractivity contribution in [2.24, 2.45) is 5.92 Å². The summed E-state index contributed by atoms with van der Waals surface area (Å²) in [4.78, 5) is 13.7. The lowest BCUT2D eigenvalue weighted by molar-refractivity contribution is -0.124. The highest BCUT2D eigenvalue weighted by molar-refractivity contribution is 5.79. The first-order valence-corrected chi connectivity index (χ1v) is 9.22. The number of hydrogen-bond donors (Lipinski definition) is 1. The molecule has 1 unspecified atom stereocenters. The molecule has 0 radical (unpaired) electrons. The van der Waals surface area contributed by atoms with Gasteiger partial charge in [0.05, 0.1) is 0 Å². The van der Waals surface area contributed by atoms with Gasteiger partial charge in [-0.25, -0.2) is 4.39 Å². The van der Waals surface area contributed by atoms with Gasteiger partial charge in [-0.2, -0.15) is 0 Å². The maximum atomic E-state index is 12.9. The summed E-state index contributed by atoms with van der Waals surface area (Å²) in [6.07, 6.45) is 2.61. The molecule has 1 heterocycles. The summed E-state index contributed by atoms with van der Waals surface area (Å²) in [6, 6.07) is 11.5. The van der Waals surface area contributed by atoms with E-state index in [1.165, 1.54) is 36.2 Å². The van der Waals surface area contributed by atoms with Crippen molar-refractivity contribution in [1.29, 1.82) is 0 Å². The second kappa shape index (κ2) is 8.00. The van der Waals surface area contributed by atoms with Crippen LogP contribution in [0.1, 0.15) is 27.8 Å². The van der Waals surface area contributed by atoms with Gasteiger partial charge in [0.15, 0.2) is 0 Å². The van der Waals surface area contributed by atoms with Crippen molar-refractivity contribution in [3.63, 3.8) is 0 Å². The third-order valence-corrected chi connectivity index (χ3v) is 5.28. The molecule has 0 fully saturated rings. The van der Waals surface area contributed by atoms with Gasteiger partial charge in [0, 0.05) is 26.1 Å². The molecule has 0 spiro atoms. The molecule has 2 aromatic carbocycles. The van der Waals surface area contributed by atoms with Gasteiger partial charge in [0.2, 0.25) is 5.91 Å². The van der Waals surface area contributed by atoms with Gasteiger partial charge in [0.25, 0.3) is 0 Å². The number of aryl methyl sites for hydroxylation is 1. The number of nitrogens with zero attached hydrogens (tertiary/aromatic N) is 1. The first-order valence-electron chi connectivity index (χ1n) is 9.22. The zero-order chi connectivity index (χ0) is 18.7. The first kappa shape index (κ1) is 18.6. The van der Waals surface area contributed by atoms with Crippen LogP contribution < -0.4 is 5.32 Å². The average Bonchev–Trinajstić information content (AvgIpc) is 3.05. The molecule has 1 N–H and O–H groups in total. The van der Waals surface area contributed by atoms with E-state index in [-0.39, 0.29) is 17.6 Å². The molecule has 138 valence electrons. The van der Waals surface area contributed by atoms with E-state index < -0.39 is 0 Å². The quantitative estimate of drug-likeness (QED) is 0.852. The van der Waals surface area contributed by atoms with Crippen LogP contribution in [0.3, 0.4) is 0 Å². The summed E-state index contributed by atoms with van der Waals surface area (Å²) in [5.74, 6) is -0.195. The molecule has 3 nitrogen and oxygen atoms in total. The summed E-state index contributed by atoms with van der Waals surface area (Å²) >= 11 is 0. The van der Waals surface area contributed by atoms with Crippen LogP contribution in [-0.4, -0.2) is 31.4 Å². The van der Waals surface area contributed by atoms with E-state index in [1.807, 2.05) is 0 Å². The standard InChI is InChI=1S/C11H12FNO.C11H15N/c1-13-11(14)9-4-7-2-3-10(12)6-8(7)5-9;1-9-3-4-11-8-12(2)6-5-10(11)7-9/h2-3,6,9H,4-5H2,1H3,(H,13,14);3-4,7H,5-6,8H2,1-2H3. The maximum absolute atomic E-state index is 12.9. The molecule has 1 aliphatic carbocycles. The van der Waals surface area contributed by atoms with Crippen LogP contribution in [0.25, 0.3) is 0 Å². The lowest BCUT2D eigenvalue weighted by Crippen LogP contribution is -2.27. The third-order valence-electron chi connectivity index (χ3n) is 5.28. The predicted octanol–water partition coefficient (Wildman–Crippen LogP) is 3.27. The van der Waals surface area contributed by atoms with E-state index >= 15 is 0 Å². The lowest BCUT2D eigenvalue weighted by Gasteiger charge is -2.24. The number of hydrogen-bond acceptors (Lipinski definition) is 2. The van der Waals surface area contributed by atoms with Crippen molar-refractivity contribution < 1.29 is 9.18 Å². The van der Waals surface area contributed by atoms with E-state index in [0.29, 0.717) is 6.42 Å². The van der Waals surface area contributed by atoms with Crippen LogP contribution in [0.5, 0.6) is 0 Å². The largest absolute Gasteiger partial charge is 0.359 e. The fourth-order valence-corrected chi connectivity index (χ4v) is 3.80. The van der Waals surface area contributed by atoms with Gasteiger partial charge in [0.1, 0.15) is 5.82 Å². The van der Waals surface area contributed by atoms with Gasteiger partial charge in [-0.1, -0.05) is 29.8 Å². The molecule has 1 atom stereocenters. The maximum Gasteiger partial charge on any atom is 0.223 e. The van der Waals surface area contributed by atoms with Crippen molar-refractivity contribution >= 4 is 5.91 Å². The molecule has 0 saturated carbocycles. The van der Waals surface area contributed by atoms with E-state index in [4.69, 9.17) is 0 Å². The minimum Gasteiger partial charge on any atom is -0.359 e. The molecule has 4 rings (SSSR count). The van der Waals surface area contributed by atoms with Crippen LogP contribution in [0.15, 0.2) is 36.4 Å². The van der Waals surface area contributed by atoms with Crippen molar-refractivity contribution in [1.82, 2.24) is 10.2 Å². The van der Waals surface area contributed by atoms with E-state index in [9.17, 15) is 9.18 Å². The van der Waals surface area contributed by atoms with Crippen LogP contribution in [0, 0.1) is 18.7 Å². The Morgan fingerprint density at radius 2 is 1.81 bits per heavy atom. The summed E-state index contributed by atoms with van der Waals surface area (Å²) in [5, 5.41) is 2.62. The highest BCUT2D eigenvalue weighted by Crippen LogP contribution is 2.27. The Hall–Kier alpha value is -2.20. The molecular formula is C22H27FN2O. The highest BCUT2D eigenvalue weighted by Gasteiger charge is 2.26. The number of nitrogens with one attached hydrogen (secondary N) is 1. The third kappa shape index (κ3) is 4.31. The average molecular weight is 354 g/mol. The Kier molecular flexibility index (Phi) is 5.72. The number of rotatable bonds is 1. The second-order valence-corrected chi connectivity index (χ2v) is 7.39. The zero-order valence-electron chi connectivity index (χ0n) is 15.8. The van der Waals surface area contributed by atoms with E-state index in [1.54, 1.807) is 18.7 Å². The Balaban J connectivity index is 0.000000152. The number of benzene rings is 2. The van der Waals surface area contributed by atoms with Gasteiger partial charge < -0.3 is 10.2 Å². The highest BCUT2D eigenvalue weighted by atomic mass is 19.1. The summed E-state index contributed by atoms with van der Waals surface area (Å²) in [6.45, 7) is 4.49. The van der Waals surface area contributed by atoms with Crippen molar-refractivity contribution in [3.8, 4) is 0 Å². The molecular weight excluding hydrogens is 327 g/mol. The summed E-state index contributed by atoms with van der Waals surface area (Å²) in [5.41, 5.74) is 6.51. The fraction of sp³-hybridized carbons (Fsp3) is 0.409. The number of likely N-dealkylation sites (N-methyl/N-ethyl adjacent to an activating group) is 1. The molecule has 0 aromatic heterocycles. The Labute approximate surface area is 155 Å². The summed E-state index contributed by atoms with van der Waals surface area (Å²) in [7, 11) is 3.81. The van der Waals surface area contributed by atoms with Crippen molar-refractivity contribution in [2.75, 3.05) is 20.6 Å². The SMILES string of the molecule is CNC(=O)C1Cc2ccc(F)cc2C1.Cc1ccc2c(c1)CCN(C)C2. The predicted molar refractivity (Wildman–Crippen MR) is 103 cm³/mol. The van der Waals surface area contributed by atoms with Crippen LogP contribution >= 0.6 is 0 Å². The molecule has 26 heavy (non-hydrogen) atoms. The zero-order valence-corrected chi connectivity index (χ0v) is 15.8.